The van der Waals surface area contributed by atoms with Crippen molar-refractivity contribution in [3.8, 4) is 0 Å². The van der Waals surface area contributed by atoms with E-state index in [9.17, 15) is 4.79 Å². The number of allylic oxidation sites excluding steroid dienone is 3. The molecule has 2 rings (SSSR count). The van der Waals surface area contributed by atoms with Crippen molar-refractivity contribution in [2.45, 2.75) is 33.6 Å². The van der Waals surface area contributed by atoms with Gasteiger partial charge in [-0.1, -0.05) is 37.2 Å². The number of para-hydroxylation sites is 1. The van der Waals surface area contributed by atoms with Crippen LogP contribution in [0.15, 0.2) is 46.0 Å². The van der Waals surface area contributed by atoms with E-state index in [1.54, 1.807) is 17.8 Å². The number of rotatable bonds is 6. The molecule has 0 aromatic heterocycles. The van der Waals surface area contributed by atoms with Gasteiger partial charge in [-0.2, -0.15) is 0 Å². The summed E-state index contributed by atoms with van der Waals surface area (Å²) in [5, 5.41) is 4.12. The van der Waals surface area contributed by atoms with Gasteiger partial charge in [-0.15, -0.1) is 0 Å². The van der Waals surface area contributed by atoms with Crippen LogP contribution in [0.4, 0.5) is 5.69 Å². The van der Waals surface area contributed by atoms with Crippen molar-refractivity contribution in [1.29, 1.82) is 0 Å². The Morgan fingerprint density at radius 1 is 1.32 bits per heavy atom. The molecule has 1 heterocycles. The summed E-state index contributed by atoms with van der Waals surface area (Å²) < 4.78 is 0. The average molecular weight is 316 g/mol. The summed E-state index contributed by atoms with van der Waals surface area (Å²) in [5.74, 6) is 0.0523. The van der Waals surface area contributed by atoms with E-state index in [4.69, 9.17) is 0 Å². The quantitative estimate of drug-likeness (QED) is 0.600. The van der Waals surface area contributed by atoms with Gasteiger partial charge in [0.2, 0.25) is 0 Å². The normalized spacial score (nSPS) is 16.5. The van der Waals surface area contributed by atoms with E-state index >= 15 is 0 Å². The van der Waals surface area contributed by atoms with Crippen LogP contribution in [0, 0.1) is 0 Å². The number of nitrogens with one attached hydrogen (secondary N) is 1. The number of nitrogens with zero attached hydrogens (tertiary/aromatic N) is 1. The van der Waals surface area contributed by atoms with E-state index in [0.717, 1.165) is 35.7 Å². The van der Waals surface area contributed by atoms with Crippen LogP contribution in [0.1, 0.15) is 44.0 Å². The minimum atomic E-state index is 0.0523. The predicted octanol–water partition coefficient (Wildman–Crippen LogP) is 4.85. The zero-order valence-corrected chi connectivity index (χ0v) is 14.6. The second kappa shape index (κ2) is 7.54. The summed E-state index contributed by atoms with van der Waals surface area (Å²) >= 11 is 1.69. The molecule has 0 bridgehead atoms. The molecule has 1 aliphatic heterocycles. The van der Waals surface area contributed by atoms with Crippen molar-refractivity contribution >= 4 is 23.2 Å². The third-order valence-electron chi connectivity index (χ3n) is 3.89. The molecule has 0 spiro atoms. The number of thioether (sulfide) groups is 1. The van der Waals surface area contributed by atoms with Crippen molar-refractivity contribution in [3.63, 3.8) is 0 Å². The van der Waals surface area contributed by atoms with Gasteiger partial charge in [-0.3, -0.25) is 4.79 Å². The first-order chi connectivity index (χ1) is 10.6. The summed E-state index contributed by atoms with van der Waals surface area (Å²) in [4.78, 5) is 16.2. The Morgan fingerprint density at radius 3 is 2.73 bits per heavy atom. The number of hydrogen-bond donors (Lipinski definition) is 1. The van der Waals surface area contributed by atoms with E-state index in [1.165, 1.54) is 10.6 Å². The third kappa shape index (κ3) is 3.55. The van der Waals surface area contributed by atoms with Crippen molar-refractivity contribution in [2.75, 3.05) is 18.9 Å². The molecule has 0 unspecified atom stereocenters. The molecular formula is C18H24N2OS. The Bertz CT molecular complexity index is 619. The van der Waals surface area contributed by atoms with Crippen molar-refractivity contribution in [1.82, 2.24) is 4.90 Å². The summed E-state index contributed by atoms with van der Waals surface area (Å²) in [5.41, 5.74) is 2.85. The van der Waals surface area contributed by atoms with Gasteiger partial charge in [-0.25, -0.2) is 0 Å². The first kappa shape index (κ1) is 16.7. The van der Waals surface area contributed by atoms with E-state index in [-0.39, 0.29) is 5.78 Å². The maximum atomic E-state index is 12.6. The molecule has 4 heteroatoms. The van der Waals surface area contributed by atoms with E-state index in [2.05, 4.69) is 31.0 Å². The average Bonchev–Trinajstić information content (AvgIpc) is 2.79. The first-order valence-corrected chi connectivity index (χ1v) is 8.55. The lowest BCUT2D eigenvalue weighted by molar-refractivity contribution is 0.104. The lowest BCUT2D eigenvalue weighted by Crippen LogP contribution is -2.18. The summed E-state index contributed by atoms with van der Waals surface area (Å²) in [6.45, 7) is 7.41. The number of ketones is 1. The second-order valence-corrected chi connectivity index (χ2v) is 6.63. The van der Waals surface area contributed by atoms with Crippen LogP contribution in [0.25, 0.3) is 0 Å². The van der Waals surface area contributed by atoms with Crippen molar-refractivity contribution < 1.29 is 4.79 Å². The minimum absolute atomic E-state index is 0.0523. The number of unbranched alkanes of at least 4 members (excludes halogenated alkanes) is 1. The molecule has 0 saturated heterocycles. The first-order valence-electron chi connectivity index (χ1n) is 7.74. The fourth-order valence-corrected chi connectivity index (χ4v) is 3.52. The molecule has 0 aliphatic carbocycles. The highest BCUT2D eigenvalue weighted by molar-refractivity contribution is 8.06. The number of carbonyl (C=O) groups is 1. The fraction of sp³-hybridized carbons (Fsp3) is 0.389. The van der Waals surface area contributed by atoms with E-state index in [1.807, 2.05) is 31.3 Å². The Hall–Kier alpha value is -1.68. The molecule has 118 valence electrons. The van der Waals surface area contributed by atoms with Gasteiger partial charge in [-0.05, 0) is 32.4 Å². The molecule has 0 saturated carbocycles. The highest BCUT2D eigenvalue weighted by Crippen LogP contribution is 2.40. The number of hydrogen-bond acceptors (Lipinski definition) is 4. The van der Waals surface area contributed by atoms with Crippen LogP contribution >= 0.6 is 11.8 Å². The molecular weight excluding hydrogens is 292 g/mol. The fourth-order valence-electron chi connectivity index (χ4n) is 2.45. The summed E-state index contributed by atoms with van der Waals surface area (Å²) in [7, 11) is 1.84. The molecule has 22 heavy (non-hydrogen) atoms. The number of anilines is 1. The standard InChI is InChI=1S/C18H24N2OS/c1-5-6-11-20-13(2)14(3)22-18(20)12-17(21)15-9-7-8-10-16(15)19-4/h7-10,12,19H,5-6,11H2,1-4H3. The van der Waals surface area contributed by atoms with Crippen LogP contribution < -0.4 is 5.32 Å². The Morgan fingerprint density at radius 2 is 2.05 bits per heavy atom. The van der Waals surface area contributed by atoms with Gasteiger partial charge in [0.05, 0.1) is 5.03 Å². The van der Waals surface area contributed by atoms with Gasteiger partial charge < -0.3 is 10.2 Å². The topological polar surface area (TPSA) is 32.3 Å². The minimum Gasteiger partial charge on any atom is -0.388 e. The van der Waals surface area contributed by atoms with E-state index < -0.39 is 0 Å². The monoisotopic (exact) mass is 316 g/mol. The maximum Gasteiger partial charge on any atom is 0.190 e. The molecule has 3 nitrogen and oxygen atoms in total. The van der Waals surface area contributed by atoms with Crippen LogP contribution in [0.3, 0.4) is 0 Å². The molecule has 1 aliphatic rings. The van der Waals surface area contributed by atoms with Crippen LogP contribution in [0.2, 0.25) is 0 Å². The largest absolute Gasteiger partial charge is 0.388 e. The van der Waals surface area contributed by atoms with Crippen LogP contribution in [-0.2, 0) is 0 Å². The molecule has 1 N–H and O–H groups in total. The van der Waals surface area contributed by atoms with Gasteiger partial charge in [0, 0.05) is 41.5 Å². The zero-order chi connectivity index (χ0) is 16.1. The van der Waals surface area contributed by atoms with Gasteiger partial charge in [0.15, 0.2) is 5.78 Å². The summed E-state index contributed by atoms with van der Waals surface area (Å²) in [6, 6.07) is 7.63. The van der Waals surface area contributed by atoms with Gasteiger partial charge >= 0.3 is 0 Å². The number of carbonyl (C=O) groups excluding carboxylic acids is 1. The van der Waals surface area contributed by atoms with E-state index in [0.29, 0.717) is 0 Å². The lowest BCUT2D eigenvalue weighted by atomic mass is 10.1. The molecule has 1 aromatic rings. The Kier molecular flexibility index (Phi) is 5.72. The smallest absolute Gasteiger partial charge is 0.190 e. The third-order valence-corrected chi connectivity index (χ3v) is 5.04. The molecule has 1 aromatic carbocycles. The Labute approximate surface area is 137 Å². The second-order valence-electron chi connectivity index (χ2n) is 5.39. The zero-order valence-electron chi connectivity index (χ0n) is 13.8. The molecule has 0 amide bonds. The number of benzene rings is 1. The highest BCUT2D eigenvalue weighted by Gasteiger charge is 2.23. The van der Waals surface area contributed by atoms with Gasteiger partial charge in [0.25, 0.3) is 0 Å². The van der Waals surface area contributed by atoms with Gasteiger partial charge in [0.1, 0.15) is 0 Å². The van der Waals surface area contributed by atoms with Crippen molar-refractivity contribution in [3.05, 3.63) is 51.5 Å². The lowest BCUT2D eigenvalue weighted by Gasteiger charge is -2.21. The van der Waals surface area contributed by atoms with Crippen LogP contribution in [0.5, 0.6) is 0 Å². The van der Waals surface area contributed by atoms with Crippen LogP contribution in [-0.4, -0.2) is 24.3 Å². The summed E-state index contributed by atoms with van der Waals surface area (Å²) in [6.07, 6.45) is 4.05. The molecule has 0 fully saturated rings. The van der Waals surface area contributed by atoms with Crippen molar-refractivity contribution in [2.24, 2.45) is 0 Å². The predicted molar refractivity (Wildman–Crippen MR) is 96.0 cm³/mol. The highest BCUT2D eigenvalue weighted by atomic mass is 32.2. The Balaban J connectivity index is 2.26. The molecule has 0 radical (unpaired) electrons. The maximum absolute atomic E-state index is 12.6. The SMILES string of the molecule is CCCCN1C(=CC(=O)c2ccccc2NC)SC(C)=C1C. The molecule has 0 atom stereocenters.